The average molecular weight is 324 g/mol. The van der Waals surface area contributed by atoms with Crippen molar-refractivity contribution < 1.29 is 22.7 Å². The highest BCUT2D eigenvalue weighted by Crippen LogP contribution is 2.27. The first kappa shape index (κ1) is 15.1. The summed E-state index contributed by atoms with van der Waals surface area (Å²) in [7, 11) is 0. The molecule has 0 saturated carbocycles. The van der Waals surface area contributed by atoms with E-state index >= 15 is 0 Å². The Morgan fingerprint density at radius 3 is 2.96 bits per heavy atom. The second kappa shape index (κ2) is 5.75. The van der Waals surface area contributed by atoms with Crippen molar-refractivity contribution in [2.75, 3.05) is 11.9 Å². The van der Waals surface area contributed by atoms with Crippen LogP contribution in [-0.2, 0) is 17.4 Å². The summed E-state index contributed by atoms with van der Waals surface area (Å²) >= 11 is 0. The van der Waals surface area contributed by atoms with Crippen molar-refractivity contribution in [3.8, 4) is 5.75 Å². The minimum Gasteiger partial charge on any atom is -0.493 e. The molecule has 0 radical (unpaired) electrons. The fraction of sp³-hybridized carbons (Fsp3) is 0.214. The van der Waals surface area contributed by atoms with Crippen LogP contribution >= 0.6 is 0 Å². The summed E-state index contributed by atoms with van der Waals surface area (Å²) < 4.78 is 42.4. The lowest BCUT2D eigenvalue weighted by molar-refractivity contribution is -0.144. The van der Waals surface area contributed by atoms with Gasteiger partial charge in [-0.1, -0.05) is 6.07 Å². The molecule has 1 aliphatic rings. The number of ether oxygens (including phenoxy) is 1. The van der Waals surface area contributed by atoms with E-state index in [2.05, 4.69) is 15.4 Å². The number of hydrogen-bond donors (Lipinski definition) is 2. The number of rotatable bonds is 3. The third kappa shape index (κ3) is 3.50. The average Bonchev–Trinajstić information content (AvgIpc) is 3.12. The molecule has 2 N–H and O–H groups in total. The van der Waals surface area contributed by atoms with E-state index in [1.807, 2.05) is 12.1 Å². The molecule has 0 unspecified atom stereocenters. The number of aromatic amines is 1. The molecular weight excluding hydrogens is 313 g/mol. The maximum atomic E-state index is 12.3. The van der Waals surface area contributed by atoms with Crippen LogP contribution in [0, 0.1) is 0 Å². The maximum Gasteiger partial charge on any atom is 0.451 e. The summed E-state index contributed by atoms with van der Waals surface area (Å²) in [4.78, 5) is 14.8. The first-order valence-electron chi connectivity index (χ1n) is 6.66. The number of nitrogens with one attached hydrogen (secondary N) is 2. The van der Waals surface area contributed by atoms with Crippen LogP contribution in [0.5, 0.6) is 5.75 Å². The zero-order valence-corrected chi connectivity index (χ0v) is 11.6. The van der Waals surface area contributed by atoms with E-state index in [1.54, 1.807) is 17.2 Å². The Bertz CT molecular complexity index is 768. The van der Waals surface area contributed by atoms with Crippen molar-refractivity contribution in [1.29, 1.82) is 0 Å². The van der Waals surface area contributed by atoms with E-state index in [0.717, 1.165) is 23.3 Å². The van der Waals surface area contributed by atoms with Gasteiger partial charge in [0.1, 0.15) is 5.75 Å². The molecule has 0 saturated heterocycles. The Kier molecular flexibility index (Phi) is 3.77. The SMILES string of the molecule is O=C(C=Cc1ccc2c(c1)CCO2)Nc1n[nH]c(C(F)(F)F)n1. The summed E-state index contributed by atoms with van der Waals surface area (Å²) in [6.07, 6.45) is -1.09. The highest BCUT2D eigenvalue weighted by molar-refractivity contribution is 6.00. The van der Waals surface area contributed by atoms with Gasteiger partial charge >= 0.3 is 6.18 Å². The van der Waals surface area contributed by atoms with Crippen LogP contribution in [0.3, 0.4) is 0 Å². The molecule has 0 atom stereocenters. The molecule has 2 aromatic rings. The van der Waals surface area contributed by atoms with Crippen molar-refractivity contribution >= 4 is 17.9 Å². The predicted molar refractivity (Wildman–Crippen MR) is 74.7 cm³/mol. The van der Waals surface area contributed by atoms with Crippen LogP contribution in [0.25, 0.3) is 6.08 Å². The van der Waals surface area contributed by atoms with Gasteiger partial charge in [-0.05, 0) is 29.3 Å². The molecular formula is C14H11F3N4O2. The number of halogens is 3. The lowest BCUT2D eigenvalue weighted by Crippen LogP contribution is -2.10. The van der Waals surface area contributed by atoms with Crippen LogP contribution in [0.2, 0.25) is 0 Å². The van der Waals surface area contributed by atoms with Gasteiger partial charge in [-0.15, -0.1) is 5.10 Å². The summed E-state index contributed by atoms with van der Waals surface area (Å²) in [5.74, 6) is -1.51. The van der Waals surface area contributed by atoms with Gasteiger partial charge in [-0.3, -0.25) is 15.2 Å². The molecule has 1 aromatic carbocycles. The fourth-order valence-electron chi connectivity index (χ4n) is 2.08. The van der Waals surface area contributed by atoms with Gasteiger partial charge in [0.2, 0.25) is 11.8 Å². The number of alkyl halides is 3. The van der Waals surface area contributed by atoms with E-state index in [4.69, 9.17) is 4.74 Å². The topological polar surface area (TPSA) is 79.9 Å². The second-order valence-corrected chi connectivity index (χ2v) is 4.79. The predicted octanol–water partition coefficient (Wildman–Crippen LogP) is 2.41. The van der Waals surface area contributed by atoms with Crippen molar-refractivity contribution in [3.05, 3.63) is 41.2 Å². The lowest BCUT2D eigenvalue weighted by Gasteiger charge is -2.00. The molecule has 0 bridgehead atoms. The molecule has 2 heterocycles. The van der Waals surface area contributed by atoms with Crippen LogP contribution in [-0.4, -0.2) is 27.7 Å². The monoisotopic (exact) mass is 324 g/mol. The largest absolute Gasteiger partial charge is 0.493 e. The molecule has 1 aliphatic heterocycles. The Labute approximate surface area is 128 Å². The molecule has 1 aromatic heterocycles. The number of hydrogen-bond acceptors (Lipinski definition) is 4. The highest BCUT2D eigenvalue weighted by Gasteiger charge is 2.35. The first-order valence-corrected chi connectivity index (χ1v) is 6.66. The summed E-state index contributed by atoms with van der Waals surface area (Å²) in [6, 6.07) is 5.48. The number of H-pyrrole nitrogens is 1. The van der Waals surface area contributed by atoms with Crippen molar-refractivity contribution in [2.45, 2.75) is 12.6 Å². The van der Waals surface area contributed by atoms with Crippen LogP contribution in [0.15, 0.2) is 24.3 Å². The fourth-order valence-corrected chi connectivity index (χ4v) is 2.08. The highest BCUT2D eigenvalue weighted by atomic mass is 19.4. The Morgan fingerprint density at radius 1 is 1.39 bits per heavy atom. The maximum absolute atomic E-state index is 12.3. The molecule has 0 aliphatic carbocycles. The van der Waals surface area contributed by atoms with Gasteiger partial charge in [0.15, 0.2) is 0 Å². The lowest BCUT2D eigenvalue weighted by atomic mass is 10.1. The number of amides is 1. The zero-order valence-electron chi connectivity index (χ0n) is 11.6. The zero-order chi connectivity index (χ0) is 16.4. The molecule has 23 heavy (non-hydrogen) atoms. The summed E-state index contributed by atoms with van der Waals surface area (Å²) in [6.45, 7) is 0.634. The van der Waals surface area contributed by atoms with Crippen LogP contribution < -0.4 is 10.1 Å². The number of aromatic nitrogens is 3. The number of carbonyl (C=O) groups excluding carboxylic acids is 1. The quantitative estimate of drug-likeness (QED) is 0.850. The van der Waals surface area contributed by atoms with Gasteiger partial charge in [0, 0.05) is 12.5 Å². The number of fused-ring (bicyclic) bond motifs is 1. The minimum absolute atomic E-state index is 0.436. The van der Waals surface area contributed by atoms with Crippen LogP contribution in [0.1, 0.15) is 17.0 Å². The molecule has 0 fully saturated rings. The molecule has 3 rings (SSSR count). The number of anilines is 1. The first-order chi connectivity index (χ1) is 10.9. The molecule has 9 heteroatoms. The second-order valence-electron chi connectivity index (χ2n) is 4.79. The van der Waals surface area contributed by atoms with E-state index in [0.29, 0.717) is 6.61 Å². The summed E-state index contributed by atoms with van der Waals surface area (Å²) in [5, 5.41) is 7.15. The van der Waals surface area contributed by atoms with E-state index < -0.39 is 23.9 Å². The van der Waals surface area contributed by atoms with Gasteiger partial charge in [-0.2, -0.15) is 18.2 Å². The van der Waals surface area contributed by atoms with Gasteiger partial charge in [0.05, 0.1) is 6.61 Å². The Morgan fingerprint density at radius 2 is 2.22 bits per heavy atom. The van der Waals surface area contributed by atoms with Gasteiger partial charge in [0.25, 0.3) is 5.91 Å². The molecule has 1 amide bonds. The molecule has 0 spiro atoms. The number of carbonyl (C=O) groups is 1. The van der Waals surface area contributed by atoms with Crippen LogP contribution in [0.4, 0.5) is 19.1 Å². The standard InChI is InChI=1S/C14H11F3N4O2/c15-14(16,17)12-19-13(21-20-12)18-11(22)4-2-8-1-3-10-9(7-8)5-6-23-10/h1-4,7H,5-6H2,(H2,18,19,20,21,22). The number of benzene rings is 1. The third-order valence-electron chi connectivity index (χ3n) is 3.13. The normalized spacial score (nSPS) is 13.9. The van der Waals surface area contributed by atoms with Gasteiger partial charge in [-0.25, -0.2) is 0 Å². The van der Waals surface area contributed by atoms with Gasteiger partial charge < -0.3 is 4.74 Å². The molecule has 6 nitrogen and oxygen atoms in total. The van der Waals surface area contributed by atoms with Crippen molar-refractivity contribution in [2.24, 2.45) is 0 Å². The smallest absolute Gasteiger partial charge is 0.451 e. The third-order valence-corrected chi connectivity index (χ3v) is 3.13. The van der Waals surface area contributed by atoms with E-state index in [9.17, 15) is 18.0 Å². The van der Waals surface area contributed by atoms with E-state index in [1.165, 1.54) is 6.08 Å². The molecule has 120 valence electrons. The minimum atomic E-state index is -4.64. The van der Waals surface area contributed by atoms with Crippen molar-refractivity contribution in [1.82, 2.24) is 15.2 Å². The Balaban J connectivity index is 1.64. The summed E-state index contributed by atoms with van der Waals surface area (Å²) in [5.41, 5.74) is 1.84. The van der Waals surface area contributed by atoms with E-state index in [-0.39, 0.29) is 0 Å². The van der Waals surface area contributed by atoms with Crippen molar-refractivity contribution in [3.63, 3.8) is 0 Å². The number of nitrogens with zero attached hydrogens (tertiary/aromatic N) is 2. The Hall–Kier alpha value is -2.84.